The molecule has 0 aliphatic heterocycles. The molecule has 3 aromatic rings. The molecular formula is C17H15IN2O. The first-order chi connectivity index (χ1) is 10.2. The first-order valence-electron chi connectivity index (χ1n) is 6.86. The lowest BCUT2D eigenvalue weighted by atomic mass is 10.1. The van der Waals surface area contributed by atoms with Crippen molar-refractivity contribution in [1.29, 1.82) is 0 Å². The summed E-state index contributed by atoms with van der Waals surface area (Å²) < 4.78 is 2.86. The summed E-state index contributed by atoms with van der Waals surface area (Å²) in [6.45, 7) is 1.59. The molecule has 106 valence electrons. The maximum absolute atomic E-state index is 12.0. The second-order valence-corrected chi connectivity index (χ2v) is 6.17. The zero-order valence-corrected chi connectivity index (χ0v) is 13.9. The average molecular weight is 390 g/mol. The fraction of sp³-hybridized carbons (Fsp3) is 0.176. The van der Waals surface area contributed by atoms with E-state index >= 15 is 0 Å². The van der Waals surface area contributed by atoms with E-state index in [0.29, 0.717) is 0 Å². The summed E-state index contributed by atoms with van der Waals surface area (Å²) in [4.78, 5) is 16.4. The van der Waals surface area contributed by atoms with Crippen LogP contribution in [0.1, 0.15) is 23.0 Å². The van der Waals surface area contributed by atoms with Gasteiger partial charge in [-0.05, 0) is 53.1 Å². The van der Waals surface area contributed by atoms with Gasteiger partial charge in [-0.15, -0.1) is 0 Å². The third-order valence-electron chi connectivity index (χ3n) is 3.55. The van der Waals surface area contributed by atoms with Crippen LogP contribution >= 0.6 is 22.6 Å². The van der Waals surface area contributed by atoms with Crippen molar-refractivity contribution in [3.63, 3.8) is 0 Å². The molecule has 4 heteroatoms. The van der Waals surface area contributed by atoms with Gasteiger partial charge in [-0.25, -0.2) is 4.98 Å². The second kappa shape index (κ2) is 5.97. The number of aryl methyl sites for hydroxylation is 2. The Hall–Kier alpha value is -1.69. The first-order valence-corrected chi connectivity index (χ1v) is 7.94. The number of hydrogen-bond acceptors (Lipinski definition) is 2. The topological polar surface area (TPSA) is 34.9 Å². The van der Waals surface area contributed by atoms with E-state index in [-0.39, 0.29) is 5.91 Å². The number of fused-ring (bicyclic) bond motifs is 1. The number of halogens is 1. The van der Waals surface area contributed by atoms with E-state index in [9.17, 15) is 4.79 Å². The van der Waals surface area contributed by atoms with Crippen molar-refractivity contribution in [2.75, 3.05) is 0 Å². The van der Waals surface area contributed by atoms with Crippen molar-refractivity contribution in [3.8, 4) is 0 Å². The molecule has 3 rings (SSSR count). The van der Waals surface area contributed by atoms with Gasteiger partial charge >= 0.3 is 0 Å². The predicted octanol–water partition coefficient (Wildman–Crippen LogP) is 4.09. The minimum Gasteiger partial charge on any atom is -0.274 e. The molecule has 0 saturated carbocycles. The molecular weight excluding hydrogens is 375 g/mol. The molecule has 2 aromatic heterocycles. The van der Waals surface area contributed by atoms with Crippen molar-refractivity contribution in [2.24, 2.45) is 0 Å². The molecule has 0 spiro atoms. The molecule has 0 bridgehead atoms. The normalized spacial score (nSPS) is 11.0. The molecule has 0 aliphatic carbocycles. The molecule has 1 aromatic carbocycles. The lowest BCUT2D eigenvalue weighted by molar-refractivity contribution is 0.0938. The lowest BCUT2D eigenvalue weighted by Gasteiger charge is -2.06. The highest BCUT2D eigenvalue weighted by Crippen LogP contribution is 2.24. The second-order valence-electron chi connectivity index (χ2n) is 5.01. The monoisotopic (exact) mass is 390 g/mol. The zero-order chi connectivity index (χ0) is 14.8. The Labute approximate surface area is 137 Å². The maximum atomic E-state index is 12.0. The molecule has 0 unspecified atom stereocenters. The fourth-order valence-electron chi connectivity index (χ4n) is 2.57. The van der Waals surface area contributed by atoms with E-state index in [1.165, 1.54) is 5.56 Å². The van der Waals surface area contributed by atoms with Gasteiger partial charge in [0.25, 0.3) is 0 Å². The van der Waals surface area contributed by atoms with Gasteiger partial charge in [-0.3, -0.25) is 9.36 Å². The SMILES string of the molecule is CC(=O)n1c(CCc2ccccc2)cc2c(I)ccnc21. The number of nitrogens with zero attached hydrogens (tertiary/aromatic N) is 2. The first kappa shape index (κ1) is 14.3. The summed E-state index contributed by atoms with van der Waals surface area (Å²) in [5.74, 6) is 0.0163. The van der Waals surface area contributed by atoms with Crippen molar-refractivity contribution < 1.29 is 4.79 Å². The van der Waals surface area contributed by atoms with Crippen LogP contribution in [-0.4, -0.2) is 15.5 Å². The maximum Gasteiger partial charge on any atom is 0.229 e. The average Bonchev–Trinajstić information content (AvgIpc) is 2.86. The number of pyridine rings is 1. The van der Waals surface area contributed by atoms with Crippen molar-refractivity contribution in [1.82, 2.24) is 9.55 Å². The van der Waals surface area contributed by atoms with E-state index in [0.717, 1.165) is 33.1 Å². The number of benzene rings is 1. The highest BCUT2D eigenvalue weighted by atomic mass is 127. The van der Waals surface area contributed by atoms with Crippen molar-refractivity contribution in [2.45, 2.75) is 19.8 Å². The van der Waals surface area contributed by atoms with E-state index in [2.05, 4.69) is 45.8 Å². The third kappa shape index (κ3) is 2.85. The minimum absolute atomic E-state index is 0.0163. The fourth-order valence-corrected chi connectivity index (χ4v) is 3.13. The van der Waals surface area contributed by atoms with Crippen LogP contribution in [-0.2, 0) is 12.8 Å². The van der Waals surface area contributed by atoms with Gasteiger partial charge in [0.15, 0.2) is 0 Å². The number of hydrogen-bond donors (Lipinski definition) is 0. The standard InChI is InChI=1S/C17H15IN2O/c1-12(21)20-14(8-7-13-5-3-2-4-6-13)11-15-16(18)9-10-19-17(15)20/h2-6,9-11H,7-8H2,1H3. The summed E-state index contributed by atoms with van der Waals surface area (Å²) in [5, 5.41) is 1.05. The highest BCUT2D eigenvalue weighted by Gasteiger charge is 2.14. The number of aromatic nitrogens is 2. The van der Waals surface area contributed by atoms with Gasteiger partial charge in [0, 0.05) is 27.8 Å². The largest absolute Gasteiger partial charge is 0.274 e. The van der Waals surface area contributed by atoms with Crippen LogP contribution in [0.2, 0.25) is 0 Å². The summed E-state index contributed by atoms with van der Waals surface area (Å²) in [5.41, 5.74) is 3.07. The van der Waals surface area contributed by atoms with Crippen molar-refractivity contribution >= 4 is 39.5 Å². The zero-order valence-electron chi connectivity index (χ0n) is 11.7. The Morgan fingerprint density at radius 3 is 2.67 bits per heavy atom. The Morgan fingerprint density at radius 2 is 1.95 bits per heavy atom. The Kier molecular flexibility index (Phi) is 4.05. The summed E-state index contributed by atoms with van der Waals surface area (Å²) in [6.07, 6.45) is 3.50. The molecule has 0 amide bonds. The predicted molar refractivity (Wildman–Crippen MR) is 92.6 cm³/mol. The van der Waals surface area contributed by atoms with Crippen LogP contribution in [0.25, 0.3) is 11.0 Å². The number of carbonyl (C=O) groups excluding carboxylic acids is 1. The van der Waals surface area contributed by atoms with Crippen LogP contribution in [0.3, 0.4) is 0 Å². The summed E-state index contributed by atoms with van der Waals surface area (Å²) >= 11 is 2.29. The van der Waals surface area contributed by atoms with E-state index in [1.54, 1.807) is 17.7 Å². The third-order valence-corrected chi connectivity index (χ3v) is 4.49. The Morgan fingerprint density at radius 1 is 1.19 bits per heavy atom. The molecule has 21 heavy (non-hydrogen) atoms. The van der Waals surface area contributed by atoms with E-state index in [4.69, 9.17) is 0 Å². The molecule has 0 aliphatic rings. The van der Waals surface area contributed by atoms with Gasteiger partial charge in [0.1, 0.15) is 5.65 Å². The van der Waals surface area contributed by atoms with Crippen LogP contribution in [0.15, 0.2) is 48.7 Å². The van der Waals surface area contributed by atoms with Crippen LogP contribution in [0.4, 0.5) is 0 Å². The smallest absolute Gasteiger partial charge is 0.229 e. The molecule has 0 saturated heterocycles. The van der Waals surface area contributed by atoms with Crippen LogP contribution < -0.4 is 0 Å². The summed E-state index contributed by atoms with van der Waals surface area (Å²) in [6, 6.07) is 14.4. The van der Waals surface area contributed by atoms with Gasteiger partial charge < -0.3 is 0 Å². The summed E-state index contributed by atoms with van der Waals surface area (Å²) in [7, 11) is 0. The molecule has 0 N–H and O–H groups in total. The Balaban J connectivity index is 2.00. The van der Waals surface area contributed by atoms with Gasteiger partial charge in [0.2, 0.25) is 5.91 Å². The molecule has 0 radical (unpaired) electrons. The highest BCUT2D eigenvalue weighted by molar-refractivity contribution is 14.1. The molecule has 0 atom stereocenters. The molecule has 3 nitrogen and oxygen atoms in total. The van der Waals surface area contributed by atoms with Gasteiger partial charge in [-0.2, -0.15) is 0 Å². The Bertz CT molecular complexity index is 793. The van der Waals surface area contributed by atoms with E-state index < -0.39 is 0 Å². The van der Waals surface area contributed by atoms with Crippen molar-refractivity contribution in [3.05, 3.63) is 63.5 Å². The minimum atomic E-state index is 0.0163. The number of carbonyl (C=O) groups is 1. The molecule has 0 fully saturated rings. The lowest BCUT2D eigenvalue weighted by Crippen LogP contribution is -2.11. The molecule has 2 heterocycles. The van der Waals surface area contributed by atoms with Crippen LogP contribution in [0, 0.1) is 3.57 Å². The van der Waals surface area contributed by atoms with Crippen LogP contribution in [0.5, 0.6) is 0 Å². The van der Waals surface area contributed by atoms with Gasteiger partial charge in [-0.1, -0.05) is 30.3 Å². The quantitative estimate of drug-likeness (QED) is 0.632. The van der Waals surface area contributed by atoms with E-state index in [1.807, 2.05) is 24.3 Å². The number of rotatable bonds is 3. The van der Waals surface area contributed by atoms with Gasteiger partial charge in [0.05, 0.1) is 0 Å².